The summed E-state index contributed by atoms with van der Waals surface area (Å²) in [6, 6.07) is 11.4. The average molecular weight is 475 g/mol. The lowest BCUT2D eigenvalue weighted by Gasteiger charge is -2.20. The van der Waals surface area contributed by atoms with E-state index in [2.05, 4.69) is 9.71 Å². The van der Waals surface area contributed by atoms with E-state index in [9.17, 15) is 17.2 Å². The topological polar surface area (TPSA) is 59.1 Å². The summed E-state index contributed by atoms with van der Waals surface area (Å²) in [4.78, 5) is 4.67. The van der Waals surface area contributed by atoms with Crippen LogP contribution in [-0.2, 0) is 10.0 Å². The van der Waals surface area contributed by atoms with Crippen molar-refractivity contribution in [3.05, 3.63) is 87.5 Å². The monoisotopic (exact) mass is 474 g/mol. The number of halogens is 4. The summed E-state index contributed by atoms with van der Waals surface area (Å²) >= 11 is 13.4. The van der Waals surface area contributed by atoms with Gasteiger partial charge in [-0.15, -0.1) is 11.8 Å². The fraction of sp³-hybridized carbons (Fsp3) is 0.105. The SMILES string of the molecule is CS(=O)(=O)Nc1cc(C(Sc2ccc(Cl)cc2)c2cc(F)ccc2F)c(Cl)cn1. The van der Waals surface area contributed by atoms with Gasteiger partial charge in [-0.1, -0.05) is 23.2 Å². The summed E-state index contributed by atoms with van der Waals surface area (Å²) in [5.41, 5.74) is 0.431. The number of hydrogen-bond donors (Lipinski definition) is 1. The fourth-order valence-corrected chi connectivity index (χ4v) is 4.65. The standard InChI is InChI=1S/C19H14Cl2F2N2O2S2/c1-29(26,27)25-18-9-14(16(21)10-24-18)19(15-8-12(22)4-7-17(15)23)28-13-5-2-11(20)3-6-13/h2-10,19H,1H3,(H,24,25). The molecule has 1 atom stereocenters. The first kappa shape index (κ1) is 21.8. The number of hydrogen-bond acceptors (Lipinski definition) is 4. The third kappa shape index (κ3) is 5.82. The van der Waals surface area contributed by atoms with E-state index in [4.69, 9.17) is 23.2 Å². The van der Waals surface area contributed by atoms with Gasteiger partial charge in [0.15, 0.2) is 0 Å². The van der Waals surface area contributed by atoms with Gasteiger partial charge in [0.05, 0.1) is 16.5 Å². The van der Waals surface area contributed by atoms with Gasteiger partial charge in [-0.2, -0.15) is 0 Å². The van der Waals surface area contributed by atoms with Gasteiger partial charge in [-0.05, 0) is 54.1 Å². The van der Waals surface area contributed by atoms with E-state index in [0.717, 1.165) is 29.4 Å². The summed E-state index contributed by atoms with van der Waals surface area (Å²) in [5.74, 6) is -1.21. The molecule has 0 radical (unpaired) electrons. The van der Waals surface area contributed by atoms with E-state index in [0.29, 0.717) is 10.6 Å². The average Bonchev–Trinajstić information content (AvgIpc) is 2.64. The molecule has 1 aromatic heterocycles. The van der Waals surface area contributed by atoms with Gasteiger partial charge in [0.1, 0.15) is 17.5 Å². The Balaban J connectivity index is 2.13. The molecular formula is C19H14Cl2F2N2O2S2. The van der Waals surface area contributed by atoms with E-state index in [1.54, 1.807) is 24.3 Å². The van der Waals surface area contributed by atoms with Gasteiger partial charge in [-0.25, -0.2) is 22.2 Å². The van der Waals surface area contributed by atoms with Crippen molar-refractivity contribution in [3.63, 3.8) is 0 Å². The second-order valence-electron chi connectivity index (χ2n) is 6.08. The van der Waals surface area contributed by atoms with Crippen molar-refractivity contribution in [2.45, 2.75) is 10.1 Å². The maximum atomic E-state index is 14.6. The molecule has 1 N–H and O–H groups in total. The Bertz CT molecular complexity index is 1140. The molecule has 0 fully saturated rings. The van der Waals surface area contributed by atoms with Crippen LogP contribution in [0.3, 0.4) is 0 Å². The fourth-order valence-electron chi connectivity index (χ4n) is 2.56. The molecule has 10 heteroatoms. The maximum absolute atomic E-state index is 14.6. The number of benzene rings is 2. The third-order valence-electron chi connectivity index (χ3n) is 3.77. The van der Waals surface area contributed by atoms with E-state index in [1.807, 2.05) is 0 Å². The predicted octanol–water partition coefficient (Wildman–Crippen LogP) is 5.92. The summed E-state index contributed by atoms with van der Waals surface area (Å²) in [7, 11) is -3.59. The molecule has 152 valence electrons. The van der Waals surface area contributed by atoms with Crippen LogP contribution in [0.2, 0.25) is 10.0 Å². The minimum absolute atomic E-state index is 0.0189. The van der Waals surface area contributed by atoms with Gasteiger partial charge in [0.25, 0.3) is 0 Å². The van der Waals surface area contributed by atoms with Crippen LogP contribution in [0.1, 0.15) is 16.4 Å². The number of rotatable bonds is 6. The van der Waals surface area contributed by atoms with Crippen LogP contribution in [0.4, 0.5) is 14.6 Å². The predicted molar refractivity (Wildman–Crippen MR) is 113 cm³/mol. The molecule has 0 spiro atoms. The third-order valence-corrected chi connectivity index (χ3v) is 6.20. The molecule has 3 rings (SSSR count). The second kappa shape index (κ2) is 8.87. The highest BCUT2D eigenvalue weighted by molar-refractivity contribution is 7.99. The molecule has 2 aromatic carbocycles. The van der Waals surface area contributed by atoms with Gasteiger partial charge >= 0.3 is 0 Å². The van der Waals surface area contributed by atoms with E-state index in [-0.39, 0.29) is 16.4 Å². The zero-order valence-corrected chi connectivity index (χ0v) is 18.0. The van der Waals surface area contributed by atoms with Gasteiger partial charge < -0.3 is 0 Å². The highest BCUT2D eigenvalue weighted by atomic mass is 35.5. The van der Waals surface area contributed by atoms with Crippen molar-refractivity contribution >= 4 is 50.8 Å². The molecule has 1 heterocycles. The molecule has 0 aliphatic carbocycles. The normalized spacial score (nSPS) is 12.6. The molecule has 29 heavy (non-hydrogen) atoms. The number of pyridine rings is 1. The van der Waals surface area contributed by atoms with Crippen molar-refractivity contribution in [2.75, 3.05) is 11.0 Å². The van der Waals surface area contributed by atoms with Gasteiger partial charge in [0.2, 0.25) is 10.0 Å². The first-order valence-corrected chi connectivity index (χ1v) is 11.7. The number of aromatic nitrogens is 1. The molecule has 0 aliphatic heterocycles. The molecule has 0 bridgehead atoms. The quantitative estimate of drug-likeness (QED) is 0.450. The molecular weight excluding hydrogens is 461 g/mol. The minimum atomic E-state index is -3.59. The van der Waals surface area contributed by atoms with Gasteiger partial charge in [-0.3, -0.25) is 4.72 Å². The molecule has 0 saturated carbocycles. The van der Waals surface area contributed by atoms with E-state index in [1.165, 1.54) is 24.0 Å². The zero-order valence-electron chi connectivity index (χ0n) is 14.9. The Morgan fingerprint density at radius 2 is 1.72 bits per heavy atom. The zero-order chi connectivity index (χ0) is 21.2. The van der Waals surface area contributed by atoms with Crippen LogP contribution in [0.5, 0.6) is 0 Å². The summed E-state index contributed by atoms with van der Waals surface area (Å²) in [5, 5.41) is -0.0638. The Hall–Kier alpha value is -1.87. The van der Waals surface area contributed by atoms with Crippen LogP contribution in [-0.4, -0.2) is 19.7 Å². The van der Waals surface area contributed by atoms with Crippen molar-refractivity contribution in [3.8, 4) is 0 Å². The Morgan fingerprint density at radius 3 is 2.38 bits per heavy atom. The van der Waals surface area contributed by atoms with Crippen LogP contribution < -0.4 is 4.72 Å². The largest absolute Gasteiger partial charge is 0.268 e. The van der Waals surface area contributed by atoms with Crippen molar-refractivity contribution < 1.29 is 17.2 Å². The molecule has 4 nitrogen and oxygen atoms in total. The lowest BCUT2D eigenvalue weighted by molar-refractivity contribution is 0.587. The maximum Gasteiger partial charge on any atom is 0.230 e. The lowest BCUT2D eigenvalue weighted by atomic mass is 10.0. The van der Waals surface area contributed by atoms with Gasteiger partial charge in [0, 0.05) is 21.7 Å². The molecule has 0 amide bonds. The number of nitrogens with zero attached hydrogens (tertiary/aromatic N) is 1. The number of anilines is 1. The number of thioether (sulfide) groups is 1. The van der Waals surface area contributed by atoms with Crippen LogP contribution >= 0.6 is 35.0 Å². The van der Waals surface area contributed by atoms with Crippen LogP contribution in [0.25, 0.3) is 0 Å². The van der Waals surface area contributed by atoms with E-state index < -0.39 is 26.9 Å². The lowest BCUT2D eigenvalue weighted by Crippen LogP contribution is -2.12. The van der Waals surface area contributed by atoms with Crippen LogP contribution in [0.15, 0.2) is 59.6 Å². The summed E-state index contributed by atoms with van der Waals surface area (Å²) in [6.45, 7) is 0. The smallest absolute Gasteiger partial charge is 0.230 e. The summed E-state index contributed by atoms with van der Waals surface area (Å²) < 4.78 is 53.8. The Labute approximate surface area is 181 Å². The number of sulfonamides is 1. The highest BCUT2D eigenvalue weighted by Gasteiger charge is 2.24. The second-order valence-corrected chi connectivity index (χ2v) is 9.85. The van der Waals surface area contributed by atoms with Crippen molar-refractivity contribution in [1.82, 2.24) is 4.98 Å². The number of nitrogens with one attached hydrogen (secondary N) is 1. The first-order valence-electron chi connectivity index (χ1n) is 8.13. The molecule has 0 saturated heterocycles. The Kier molecular flexibility index (Phi) is 6.68. The molecule has 0 aliphatic rings. The minimum Gasteiger partial charge on any atom is -0.268 e. The Morgan fingerprint density at radius 1 is 1.03 bits per heavy atom. The highest BCUT2D eigenvalue weighted by Crippen LogP contribution is 2.44. The van der Waals surface area contributed by atoms with E-state index >= 15 is 0 Å². The van der Waals surface area contributed by atoms with Crippen molar-refractivity contribution in [2.24, 2.45) is 0 Å². The molecule has 3 aromatic rings. The summed E-state index contributed by atoms with van der Waals surface area (Å²) in [6.07, 6.45) is 2.24. The first-order chi connectivity index (χ1) is 13.6. The molecule has 1 unspecified atom stereocenters. The van der Waals surface area contributed by atoms with Crippen LogP contribution in [0, 0.1) is 11.6 Å². The van der Waals surface area contributed by atoms with Crippen molar-refractivity contribution in [1.29, 1.82) is 0 Å².